The summed E-state index contributed by atoms with van der Waals surface area (Å²) >= 11 is 0. The standard InChI is InChI=1S/C34H31N3O/c1-22(2)24-14-15-31-29(19-24)30-20-27(23(3)4)28(21-32(30)37(31)33-12-5-7-16-35-33)25-10-9-11-26(18-25)38-34-13-6-8-17-36-34/h5-23H,1-4H3. The first-order valence-corrected chi connectivity index (χ1v) is 13.2. The third kappa shape index (κ3) is 4.32. The highest BCUT2D eigenvalue weighted by atomic mass is 16.5. The van der Waals surface area contributed by atoms with Crippen molar-refractivity contribution in [2.75, 3.05) is 0 Å². The van der Waals surface area contributed by atoms with Gasteiger partial charge in [-0.25, -0.2) is 9.97 Å². The molecule has 0 aliphatic rings. The van der Waals surface area contributed by atoms with Crippen molar-refractivity contribution in [2.24, 2.45) is 0 Å². The molecule has 0 spiro atoms. The van der Waals surface area contributed by atoms with Crippen LogP contribution < -0.4 is 4.74 Å². The van der Waals surface area contributed by atoms with E-state index in [1.54, 1.807) is 6.20 Å². The Morgan fingerprint density at radius 1 is 0.658 bits per heavy atom. The highest BCUT2D eigenvalue weighted by Crippen LogP contribution is 2.40. The van der Waals surface area contributed by atoms with Gasteiger partial charge in [-0.15, -0.1) is 0 Å². The van der Waals surface area contributed by atoms with Crippen molar-refractivity contribution in [3.63, 3.8) is 0 Å². The molecule has 0 radical (unpaired) electrons. The molecule has 0 aliphatic heterocycles. The second-order valence-electron chi connectivity index (χ2n) is 10.4. The van der Waals surface area contributed by atoms with Crippen molar-refractivity contribution >= 4 is 21.8 Å². The molecule has 4 heteroatoms. The van der Waals surface area contributed by atoms with Crippen LogP contribution in [-0.4, -0.2) is 14.5 Å². The van der Waals surface area contributed by atoms with Gasteiger partial charge in [-0.3, -0.25) is 4.57 Å². The van der Waals surface area contributed by atoms with Crippen molar-refractivity contribution in [1.29, 1.82) is 0 Å². The van der Waals surface area contributed by atoms with Crippen LogP contribution >= 0.6 is 0 Å². The van der Waals surface area contributed by atoms with E-state index in [4.69, 9.17) is 9.72 Å². The molecular weight excluding hydrogens is 466 g/mol. The third-order valence-electron chi connectivity index (χ3n) is 7.13. The van der Waals surface area contributed by atoms with E-state index in [0.717, 1.165) is 22.6 Å². The van der Waals surface area contributed by atoms with Crippen LogP contribution in [0.4, 0.5) is 0 Å². The van der Waals surface area contributed by atoms with Crippen LogP contribution in [0.15, 0.2) is 103 Å². The molecule has 0 atom stereocenters. The molecule has 0 bridgehead atoms. The van der Waals surface area contributed by atoms with Gasteiger partial charge >= 0.3 is 0 Å². The molecule has 0 amide bonds. The first-order valence-electron chi connectivity index (χ1n) is 13.2. The fourth-order valence-corrected chi connectivity index (χ4v) is 5.17. The van der Waals surface area contributed by atoms with Crippen molar-refractivity contribution in [3.05, 3.63) is 115 Å². The Morgan fingerprint density at radius 3 is 2.16 bits per heavy atom. The number of rotatable bonds is 6. The number of hydrogen-bond donors (Lipinski definition) is 0. The van der Waals surface area contributed by atoms with Gasteiger partial charge in [0.1, 0.15) is 11.6 Å². The summed E-state index contributed by atoms with van der Waals surface area (Å²) in [5.74, 6) is 3.07. The van der Waals surface area contributed by atoms with Gasteiger partial charge in [-0.1, -0.05) is 58.0 Å². The zero-order valence-corrected chi connectivity index (χ0v) is 22.2. The molecular formula is C34H31N3O. The highest BCUT2D eigenvalue weighted by molar-refractivity contribution is 6.11. The first-order chi connectivity index (χ1) is 18.5. The summed E-state index contributed by atoms with van der Waals surface area (Å²) in [6.45, 7) is 9.01. The Balaban J connectivity index is 1.61. The predicted molar refractivity (Wildman–Crippen MR) is 157 cm³/mol. The molecule has 0 saturated heterocycles. The summed E-state index contributed by atoms with van der Waals surface area (Å²) < 4.78 is 8.37. The fourth-order valence-electron chi connectivity index (χ4n) is 5.17. The van der Waals surface area contributed by atoms with Crippen LogP contribution in [0, 0.1) is 0 Å². The smallest absolute Gasteiger partial charge is 0.219 e. The molecule has 3 heterocycles. The molecule has 4 nitrogen and oxygen atoms in total. The molecule has 0 N–H and O–H groups in total. The van der Waals surface area contributed by atoms with Crippen molar-refractivity contribution in [1.82, 2.24) is 14.5 Å². The summed E-state index contributed by atoms with van der Waals surface area (Å²) in [5.41, 5.74) is 7.28. The van der Waals surface area contributed by atoms with Crippen LogP contribution in [-0.2, 0) is 0 Å². The number of hydrogen-bond acceptors (Lipinski definition) is 3. The van der Waals surface area contributed by atoms with Gasteiger partial charge in [0, 0.05) is 29.2 Å². The molecule has 0 unspecified atom stereocenters. The van der Waals surface area contributed by atoms with E-state index in [9.17, 15) is 0 Å². The molecule has 188 valence electrons. The van der Waals surface area contributed by atoms with Gasteiger partial charge in [-0.05, 0) is 88.7 Å². The van der Waals surface area contributed by atoms with Crippen LogP contribution in [0.5, 0.6) is 11.6 Å². The average Bonchev–Trinajstić information content (AvgIpc) is 3.26. The van der Waals surface area contributed by atoms with E-state index in [1.165, 1.54) is 33.0 Å². The zero-order chi connectivity index (χ0) is 26.2. The molecule has 6 rings (SSSR count). The van der Waals surface area contributed by atoms with Gasteiger partial charge < -0.3 is 4.74 Å². The van der Waals surface area contributed by atoms with Crippen LogP contribution in [0.25, 0.3) is 38.8 Å². The normalized spacial score (nSPS) is 11.6. The largest absolute Gasteiger partial charge is 0.439 e. The summed E-state index contributed by atoms with van der Waals surface area (Å²) in [5, 5.41) is 2.51. The number of benzene rings is 3. The van der Waals surface area contributed by atoms with Gasteiger partial charge in [-0.2, -0.15) is 0 Å². The lowest BCUT2D eigenvalue weighted by Crippen LogP contribution is -1.98. The van der Waals surface area contributed by atoms with Gasteiger partial charge in [0.25, 0.3) is 0 Å². The SMILES string of the molecule is CC(C)c1ccc2c(c1)c1cc(C(C)C)c(-c3cccc(Oc4ccccn4)c3)cc1n2-c1ccccn1. The number of pyridine rings is 2. The molecule has 3 aromatic heterocycles. The second kappa shape index (κ2) is 9.79. The zero-order valence-electron chi connectivity index (χ0n) is 22.2. The third-order valence-corrected chi connectivity index (χ3v) is 7.13. The summed E-state index contributed by atoms with van der Waals surface area (Å²) in [6.07, 6.45) is 3.60. The van der Waals surface area contributed by atoms with Crippen molar-refractivity contribution in [3.8, 4) is 28.6 Å². The number of aromatic nitrogens is 3. The van der Waals surface area contributed by atoms with E-state index < -0.39 is 0 Å². The number of nitrogens with zero attached hydrogens (tertiary/aromatic N) is 3. The maximum Gasteiger partial charge on any atom is 0.219 e. The lowest BCUT2D eigenvalue weighted by Gasteiger charge is -2.16. The first kappa shape index (κ1) is 23.9. The Labute approximate surface area is 223 Å². The van der Waals surface area contributed by atoms with Crippen LogP contribution in [0.3, 0.4) is 0 Å². The minimum Gasteiger partial charge on any atom is -0.439 e. The summed E-state index contributed by atoms with van der Waals surface area (Å²) in [4.78, 5) is 9.06. The molecule has 3 aromatic carbocycles. The van der Waals surface area contributed by atoms with Crippen molar-refractivity contribution < 1.29 is 4.74 Å². The monoisotopic (exact) mass is 497 g/mol. The molecule has 0 aliphatic carbocycles. The predicted octanol–water partition coefficient (Wildman–Crippen LogP) is 9.28. The Kier molecular flexibility index (Phi) is 6.16. The van der Waals surface area contributed by atoms with Gasteiger partial charge in [0.05, 0.1) is 11.0 Å². The maximum absolute atomic E-state index is 6.08. The summed E-state index contributed by atoms with van der Waals surface area (Å²) in [7, 11) is 0. The fraction of sp³-hybridized carbons (Fsp3) is 0.176. The minimum atomic E-state index is 0.344. The van der Waals surface area contributed by atoms with E-state index in [1.807, 2.05) is 48.7 Å². The van der Waals surface area contributed by atoms with E-state index in [2.05, 4.69) is 85.8 Å². The van der Waals surface area contributed by atoms with Crippen molar-refractivity contribution in [2.45, 2.75) is 39.5 Å². The Bertz CT molecular complexity index is 1730. The number of fused-ring (bicyclic) bond motifs is 3. The molecule has 6 aromatic rings. The average molecular weight is 498 g/mol. The lowest BCUT2D eigenvalue weighted by molar-refractivity contribution is 0.463. The lowest BCUT2D eigenvalue weighted by atomic mass is 9.90. The molecule has 0 saturated carbocycles. The molecule has 38 heavy (non-hydrogen) atoms. The summed E-state index contributed by atoms with van der Waals surface area (Å²) in [6, 6.07) is 31.6. The Hall–Kier alpha value is -4.44. The number of ether oxygens (including phenoxy) is 1. The van der Waals surface area contributed by atoms with E-state index >= 15 is 0 Å². The molecule has 0 fully saturated rings. The van der Waals surface area contributed by atoms with Gasteiger partial charge in [0.15, 0.2) is 0 Å². The topological polar surface area (TPSA) is 39.9 Å². The van der Waals surface area contributed by atoms with Gasteiger partial charge in [0.2, 0.25) is 5.88 Å². The second-order valence-corrected chi connectivity index (χ2v) is 10.4. The maximum atomic E-state index is 6.08. The van der Waals surface area contributed by atoms with E-state index in [0.29, 0.717) is 17.7 Å². The minimum absolute atomic E-state index is 0.344. The Morgan fingerprint density at radius 2 is 1.45 bits per heavy atom. The quantitative estimate of drug-likeness (QED) is 0.230. The highest BCUT2D eigenvalue weighted by Gasteiger charge is 2.19. The van der Waals surface area contributed by atoms with Crippen LogP contribution in [0.2, 0.25) is 0 Å². The van der Waals surface area contributed by atoms with Crippen LogP contribution in [0.1, 0.15) is 50.7 Å². The van der Waals surface area contributed by atoms with E-state index in [-0.39, 0.29) is 0 Å².